The van der Waals surface area contributed by atoms with E-state index in [-0.39, 0.29) is 5.91 Å². The number of carbonyl (C=O) groups excluding carboxylic acids is 1. The molecule has 1 N–H and O–H groups in total. The van der Waals surface area contributed by atoms with Crippen molar-refractivity contribution >= 4 is 17.4 Å². The monoisotopic (exact) mass is 430 g/mol. The molecular weight excluding hydrogens is 405 g/mol. The molecule has 2 aromatic heterocycles. The van der Waals surface area contributed by atoms with Crippen LogP contribution in [-0.4, -0.2) is 20.5 Å². The highest BCUT2D eigenvalue weighted by Crippen LogP contribution is 2.35. The van der Waals surface area contributed by atoms with Gasteiger partial charge in [0.1, 0.15) is 0 Å². The van der Waals surface area contributed by atoms with Crippen molar-refractivity contribution in [3.05, 3.63) is 47.3 Å². The second kappa shape index (κ2) is 8.32. The maximum Gasteiger partial charge on any atom is 0.416 e. The van der Waals surface area contributed by atoms with Crippen molar-refractivity contribution < 1.29 is 18.0 Å². The number of aryl methyl sites for hydroxylation is 2. The first-order valence-electron chi connectivity index (χ1n) is 10.6. The fourth-order valence-electron chi connectivity index (χ4n) is 4.33. The smallest absolute Gasteiger partial charge is 0.309 e. The maximum absolute atomic E-state index is 13.0. The Morgan fingerprint density at radius 3 is 2.48 bits per heavy atom. The fourth-order valence-corrected chi connectivity index (χ4v) is 4.33. The molecule has 8 heteroatoms. The largest absolute Gasteiger partial charge is 0.416 e. The molecule has 0 unspecified atom stereocenters. The summed E-state index contributed by atoms with van der Waals surface area (Å²) in [6.07, 6.45) is 1.60. The summed E-state index contributed by atoms with van der Waals surface area (Å²) in [5.74, 6) is 0.767. The minimum Gasteiger partial charge on any atom is -0.309 e. The second-order valence-corrected chi connectivity index (χ2v) is 8.31. The van der Waals surface area contributed by atoms with Gasteiger partial charge in [0.2, 0.25) is 5.91 Å². The van der Waals surface area contributed by atoms with E-state index in [1.165, 1.54) is 37.8 Å². The number of alkyl halides is 3. The number of hydrogen-bond donors (Lipinski definition) is 1. The van der Waals surface area contributed by atoms with E-state index >= 15 is 0 Å². The maximum atomic E-state index is 13.0. The third-order valence-electron chi connectivity index (χ3n) is 5.91. The van der Waals surface area contributed by atoms with Crippen molar-refractivity contribution in [2.75, 3.05) is 5.32 Å². The quantitative estimate of drug-likeness (QED) is 0.545. The number of nitrogens with zero attached hydrogens (tertiary/aromatic N) is 3. The fraction of sp³-hybridized carbons (Fsp3) is 0.435. The molecular formula is C23H25F3N4O. The van der Waals surface area contributed by atoms with Crippen molar-refractivity contribution in [1.29, 1.82) is 0 Å². The Morgan fingerprint density at radius 2 is 1.84 bits per heavy atom. The van der Waals surface area contributed by atoms with Crippen molar-refractivity contribution in [2.24, 2.45) is 5.92 Å². The molecule has 1 aromatic carbocycles. The van der Waals surface area contributed by atoms with Gasteiger partial charge in [-0.1, -0.05) is 37.8 Å². The Kier molecular flexibility index (Phi) is 5.73. The molecule has 0 spiro atoms. The number of nitrogens with one attached hydrogen (secondary N) is 1. The van der Waals surface area contributed by atoms with Crippen LogP contribution in [0.25, 0.3) is 16.8 Å². The lowest BCUT2D eigenvalue weighted by atomic mass is 10.0. The molecule has 164 valence electrons. The minimum atomic E-state index is -4.41. The lowest BCUT2D eigenvalue weighted by Gasteiger charge is -2.10. The number of rotatable bonds is 5. The van der Waals surface area contributed by atoms with Gasteiger partial charge in [-0.25, -0.2) is 9.50 Å². The molecule has 3 aromatic rings. The summed E-state index contributed by atoms with van der Waals surface area (Å²) in [6, 6.07) is 6.73. The Bertz CT molecular complexity index is 1100. The Morgan fingerprint density at radius 1 is 1.16 bits per heavy atom. The van der Waals surface area contributed by atoms with Crippen LogP contribution in [-0.2, 0) is 11.0 Å². The zero-order chi connectivity index (χ0) is 22.2. The van der Waals surface area contributed by atoms with Crippen LogP contribution in [0.2, 0.25) is 0 Å². The first-order chi connectivity index (χ1) is 14.7. The van der Waals surface area contributed by atoms with E-state index < -0.39 is 11.7 Å². The lowest BCUT2D eigenvalue weighted by Crippen LogP contribution is -2.14. The Labute approximate surface area is 178 Å². The minimum absolute atomic E-state index is 0.141. The van der Waals surface area contributed by atoms with E-state index in [9.17, 15) is 18.0 Å². The average molecular weight is 430 g/mol. The molecule has 4 rings (SSSR count). The summed E-state index contributed by atoms with van der Waals surface area (Å²) in [7, 11) is 0. The number of halogens is 3. The van der Waals surface area contributed by atoms with Gasteiger partial charge < -0.3 is 5.32 Å². The molecule has 0 bridgehead atoms. The number of carbonyl (C=O) groups is 1. The standard InChI is InChI=1S/C23H25F3N4O/c1-14-13-15(2)30-22(27-14)20(17-8-10-18(11-9-17)23(24,25)26)21(29-30)28-19(31)12-7-16-5-3-4-6-16/h8-11,13,16H,3-7,12H2,1-2H3,(H,28,29,31). The summed E-state index contributed by atoms with van der Waals surface area (Å²) < 4.78 is 40.6. The lowest BCUT2D eigenvalue weighted by molar-refractivity contribution is -0.137. The van der Waals surface area contributed by atoms with E-state index in [4.69, 9.17) is 0 Å². The first kappa shape index (κ1) is 21.3. The summed E-state index contributed by atoms with van der Waals surface area (Å²) in [6.45, 7) is 3.72. The van der Waals surface area contributed by atoms with Crippen LogP contribution < -0.4 is 5.32 Å². The van der Waals surface area contributed by atoms with Crippen molar-refractivity contribution in [1.82, 2.24) is 14.6 Å². The first-order valence-corrected chi connectivity index (χ1v) is 10.6. The molecule has 1 aliphatic rings. The van der Waals surface area contributed by atoms with Crippen molar-refractivity contribution in [3.63, 3.8) is 0 Å². The van der Waals surface area contributed by atoms with Crippen LogP contribution in [0.15, 0.2) is 30.3 Å². The molecule has 5 nitrogen and oxygen atoms in total. The molecule has 0 aliphatic heterocycles. The van der Waals surface area contributed by atoms with Gasteiger partial charge in [0, 0.05) is 17.8 Å². The SMILES string of the molecule is Cc1cc(C)n2nc(NC(=O)CCC3CCCC3)c(-c3ccc(C(F)(F)F)cc3)c2n1. The van der Waals surface area contributed by atoms with E-state index in [0.717, 1.165) is 29.9 Å². The van der Waals surface area contributed by atoms with Gasteiger partial charge in [-0.2, -0.15) is 13.2 Å². The van der Waals surface area contributed by atoms with Gasteiger partial charge >= 0.3 is 6.18 Å². The summed E-state index contributed by atoms with van der Waals surface area (Å²) in [5.41, 5.74) is 2.40. The molecule has 1 aliphatic carbocycles. The van der Waals surface area contributed by atoms with Gasteiger partial charge in [0.05, 0.1) is 11.1 Å². The van der Waals surface area contributed by atoms with Gasteiger partial charge in [-0.15, -0.1) is 5.10 Å². The van der Waals surface area contributed by atoms with Crippen LogP contribution >= 0.6 is 0 Å². The third kappa shape index (κ3) is 4.57. The highest BCUT2D eigenvalue weighted by Gasteiger charge is 2.30. The molecule has 1 amide bonds. The van der Waals surface area contributed by atoms with Crippen LogP contribution in [0.4, 0.5) is 19.0 Å². The van der Waals surface area contributed by atoms with Crippen LogP contribution in [0.3, 0.4) is 0 Å². The molecule has 0 atom stereocenters. The zero-order valence-electron chi connectivity index (χ0n) is 17.6. The molecule has 1 saturated carbocycles. The van der Waals surface area contributed by atoms with Crippen LogP contribution in [0.5, 0.6) is 0 Å². The van der Waals surface area contributed by atoms with Crippen LogP contribution in [0.1, 0.15) is 55.5 Å². The van der Waals surface area contributed by atoms with Crippen molar-refractivity contribution in [3.8, 4) is 11.1 Å². The normalized spacial score (nSPS) is 15.0. The van der Waals surface area contributed by atoms with E-state index in [0.29, 0.717) is 34.9 Å². The number of hydrogen-bond acceptors (Lipinski definition) is 3. The van der Waals surface area contributed by atoms with Gasteiger partial charge in [0.25, 0.3) is 0 Å². The van der Waals surface area contributed by atoms with E-state index in [2.05, 4.69) is 15.4 Å². The topological polar surface area (TPSA) is 59.3 Å². The van der Waals surface area contributed by atoms with Crippen LogP contribution in [0, 0.1) is 19.8 Å². The summed E-state index contributed by atoms with van der Waals surface area (Å²) in [5, 5.41) is 7.40. The zero-order valence-corrected chi connectivity index (χ0v) is 17.6. The number of aromatic nitrogens is 3. The number of benzene rings is 1. The summed E-state index contributed by atoms with van der Waals surface area (Å²) in [4.78, 5) is 17.2. The molecule has 1 fully saturated rings. The predicted molar refractivity (Wildman–Crippen MR) is 113 cm³/mol. The second-order valence-electron chi connectivity index (χ2n) is 8.31. The van der Waals surface area contributed by atoms with Gasteiger partial charge in [-0.3, -0.25) is 4.79 Å². The molecule has 0 radical (unpaired) electrons. The number of fused-ring (bicyclic) bond motifs is 1. The van der Waals surface area contributed by atoms with E-state index in [1.54, 1.807) is 4.52 Å². The molecule has 31 heavy (non-hydrogen) atoms. The van der Waals surface area contributed by atoms with Crippen molar-refractivity contribution in [2.45, 2.75) is 58.5 Å². The molecule has 0 saturated heterocycles. The highest BCUT2D eigenvalue weighted by atomic mass is 19.4. The van der Waals surface area contributed by atoms with Gasteiger partial charge in [-0.05, 0) is 49.9 Å². The third-order valence-corrected chi connectivity index (χ3v) is 5.91. The Hall–Kier alpha value is -2.90. The summed E-state index contributed by atoms with van der Waals surface area (Å²) >= 11 is 0. The molecule has 2 heterocycles. The van der Waals surface area contributed by atoms with Gasteiger partial charge in [0.15, 0.2) is 11.5 Å². The predicted octanol–water partition coefficient (Wildman–Crippen LogP) is 5.94. The Balaban J connectivity index is 1.69. The average Bonchev–Trinajstić information content (AvgIpc) is 3.34. The van der Waals surface area contributed by atoms with E-state index in [1.807, 2.05) is 19.9 Å². The number of anilines is 1. The number of amides is 1. The highest BCUT2D eigenvalue weighted by molar-refractivity contribution is 5.97.